The van der Waals surface area contributed by atoms with Crippen LogP contribution in [-0.2, 0) is 0 Å². The van der Waals surface area contributed by atoms with Crippen LogP contribution in [0.4, 0.5) is 0 Å². The Morgan fingerprint density at radius 2 is 1.85 bits per heavy atom. The summed E-state index contributed by atoms with van der Waals surface area (Å²) in [6.07, 6.45) is 11.8. The van der Waals surface area contributed by atoms with Crippen LogP contribution in [0.3, 0.4) is 0 Å². The van der Waals surface area contributed by atoms with E-state index in [0.717, 1.165) is 12.3 Å². The molecule has 0 spiro atoms. The SMILES string of the molecule is Cc1ccccc1C(C)C1=CCC(c2ccc3c(c2)C=CC3CC(C)C)=C1. The molecule has 0 heteroatoms. The van der Waals surface area contributed by atoms with E-state index in [1.807, 2.05) is 0 Å². The molecule has 0 fully saturated rings. The molecule has 0 saturated heterocycles. The second kappa shape index (κ2) is 7.35. The van der Waals surface area contributed by atoms with Gasteiger partial charge in [-0.05, 0) is 70.7 Å². The average Bonchev–Trinajstić information content (AvgIpc) is 3.28. The van der Waals surface area contributed by atoms with E-state index >= 15 is 0 Å². The number of aryl methyl sites for hydroxylation is 1. The molecular formula is C27H30. The van der Waals surface area contributed by atoms with Crippen LogP contribution in [0.15, 0.2) is 66.3 Å². The van der Waals surface area contributed by atoms with Crippen LogP contribution < -0.4 is 0 Å². The van der Waals surface area contributed by atoms with Gasteiger partial charge in [-0.3, -0.25) is 0 Å². The van der Waals surface area contributed by atoms with E-state index in [1.165, 1.54) is 45.4 Å². The van der Waals surface area contributed by atoms with Gasteiger partial charge in [-0.1, -0.05) is 81.5 Å². The normalized spacial score (nSPS) is 19.2. The first kappa shape index (κ1) is 18.0. The van der Waals surface area contributed by atoms with Crippen molar-refractivity contribution in [3.63, 3.8) is 0 Å². The molecule has 0 nitrogen and oxygen atoms in total. The number of allylic oxidation sites excluding steroid dienone is 5. The summed E-state index contributed by atoms with van der Waals surface area (Å²) in [7, 11) is 0. The molecule has 27 heavy (non-hydrogen) atoms. The van der Waals surface area contributed by atoms with Gasteiger partial charge in [0.1, 0.15) is 0 Å². The van der Waals surface area contributed by atoms with Crippen LogP contribution in [0.5, 0.6) is 0 Å². The molecule has 2 aliphatic carbocycles. The third-order valence-electron chi connectivity index (χ3n) is 6.14. The zero-order chi connectivity index (χ0) is 19.0. The molecule has 2 aliphatic rings. The molecule has 2 aromatic carbocycles. The van der Waals surface area contributed by atoms with Gasteiger partial charge in [-0.2, -0.15) is 0 Å². The lowest BCUT2D eigenvalue weighted by atomic mass is 9.89. The topological polar surface area (TPSA) is 0 Å². The molecule has 4 rings (SSSR count). The first-order valence-electron chi connectivity index (χ1n) is 10.3. The van der Waals surface area contributed by atoms with Crippen molar-refractivity contribution in [2.45, 2.75) is 52.4 Å². The number of hydrogen-bond donors (Lipinski definition) is 0. The summed E-state index contributed by atoms with van der Waals surface area (Å²) in [4.78, 5) is 0. The van der Waals surface area contributed by atoms with Gasteiger partial charge in [0.15, 0.2) is 0 Å². The van der Waals surface area contributed by atoms with Gasteiger partial charge >= 0.3 is 0 Å². The van der Waals surface area contributed by atoms with E-state index < -0.39 is 0 Å². The first-order valence-corrected chi connectivity index (χ1v) is 10.3. The molecule has 2 aromatic rings. The van der Waals surface area contributed by atoms with Gasteiger partial charge in [0, 0.05) is 11.8 Å². The van der Waals surface area contributed by atoms with Crippen molar-refractivity contribution in [2.75, 3.05) is 0 Å². The Hall–Kier alpha value is -2.34. The van der Waals surface area contributed by atoms with Gasteiger partial charge < -0.3 is 0 Å². The zero-order valence-electron chi connectivity index (χ0n) is 17.0. The summed E-state index contributed by atoms with van der Waals surface area (Å²) in [5.41, 5.74) is 10.0. The van der Waals surface area contributed by atoms with Crippen molar-refractivity contribution < 1.29 is 0 Å². The number of rotatable bonds is 5. The van der Waals surface area contributed by atoms with Crippen LogP contribution >= 0.6 is 0 Å². The summed E-state index contributed by atoms with van der Waals surface area (Å²) < 4.78 is 0. The summed E-state index contributed by atoms with van der Waals surface area (Å²) in [6, 6.07) is 15.8. The summed E-state index contributed by atoms with van der Waals surface area (Å²) in [5.74, 6) is 1.78. The summed E-state index contributed by atoms with van der Waals surface area (Å²) in [5, 5.41) is 0. The van der Waals surface area contributed by atoms with Gasteiger partial charge in [0.2, 0.25) is 0 Å². The molecule has 2 unspecified atom stereocenters. The van der Waals surface area contributed by atoms with Crippen LogP contribution in [0.2, 0.25) is 0 Å². The minimum absolute atomic E-state index is 0.452. The standard InChI is InChI=1S/C27H30/c1-18(2)15-24-11-12-25-17-23(13-14-27(24)25)22-10-9-21(16-22)20(4)26-8-6-5-7-19(26)3/h5-9,11-14,16-18,20,24H,10,15H2,1-4H3. The highest BCUT2D eigenvalue weighted by molar-refractivity contribution is 5.76. The lowest BCUT2D eigenvalue weighted by Crippen LogP contribution is -1.99. The quantitative estimate of drug-likeness (QED) is 0.517. The second-order valence-corrected chi connectivity index (χ2v) is 8.59. The number of hydrogen-bond acceptors (Lipinski definition) is 0. The Morgan fingerprint density at radius 3 is 2.63 bits per heavy atom. The van der Waals surface area contributed by atoms with Crippen LogP contribution in [-0.4, -0.2) is 0 Å². The Labute approximate surface area is 164 Å². The molecule has 0 aromatic heterocycles. The van der Waals surface area contributed by atoms with Crippen molar-refractivity contribution in [2.24, 2.45) is 5.92 Å². The molecule has 0 N–H and O–H groups in total. The highest BCUT2D eigenvalue weighted by atomic mass is 14.3. The Bertz CT molecular complexity index is 936. The summed E-state index contributed by atoms with van der Waals surface area (Å²) >= 11 is 0. The molecule has 0 radical (unpaired) electrons. The zero-order valence-corrected chi connectivity index (χ0v) is 17.0. The third-order valence-corrected chi connectivity index (χ3v) is 6.14. The maximum Gasteiger partial charge on any atom is 0.00606 e. The fraction of sp³-hybridized carbons (Fsp3) is 0.333. The molecule has 0 saturated carbocycles. The predicted octanol–water partition coefficient (Wildman–Crippen LogP) is 7.67. The first-order chi connectivity index (χ1) is 13.0. The molecule has 0 heterocycles. The van der Waals surface area contributed by atoms with Gasteiger partial charge in [-0.15, -0.1) is 0 Å². The van der Waals surface area contributed by atoms with E-state index in [1.54, 1.807) is 0 Å². The van der Waals surface area contributed by atoms with Crippen LogP contribution in [0, 0.1) is 12.8 Å². The fourth-order valence-electron chi connectivity index (χ4n) is 4.60. The van der Waals surface area contributed by atoms with Gasteiger partial charge in [0.05, 0.1) is 0 Å². The van der Waals surface area contributed by atoms with E-state index in [9.17, 15) is 0 Å². The second-order valence-electron chi connectivity index (χ2n) is 8.59. The van der Waals surface area contributed by atoms with Crippen molar-refractivity contribution >= 4 is 11.6 Å². The van der Waals surface area contributed by atoms with Crippen LogP contribution in [0.1, 0.15) is 73.3 Å². The lowest BCUT2D eigenvalue weighted by molar-refractivity contribution is 0.553. The highest BCUT2D eigenvalue weighted by Crippen LogP contribution is 2.39. The number of fused-ring (bicyclic) bond motifs is 1. The largest absolute Gasteiger partial charge is 0.0764 e. The Morgan fingerprint density at radius 1 is 1.04 bits per heavy atom. The Kier molecular flexibility index (Phi) is 4.91. The van der Waals surface area contributed by atoms with E-state index in [2.05, 4.69) is 94.5 Å². The maximum atomic E-state index is 2.42. The average molecular weight is 355 g/mol. The van der Waals surface area contributed by atoms with E-state index in [0.29, 0.717) is 11.8 Å². The molecule has 2 atom stereocenters. The van der Waals surface area contributed by atoms with E-state index in [4.69, 9.17) is 0 Å². The van der Waals surface area contributed by atoms with Crippen molar-refractivity contribution in [3.05, 3.63) is 94.1 Å². The van der Waals surface area contributed by atoms with Crippen molar-refractivity contribution in [1.82, 2.24) is 0 Å². The third kappa shape index (κ3) is 3.58. The van der Waals surface area contributed by atoms with Crippen molar-refractivity contribution in [3.8, 4) is 0 Å². The molecule has 0 bridgehead atoms. The van der Waals surface area contributed by atoms with Gasteiger partial charge in [0.25, 0.3) is 0 Å². The maximum absolute atomic E-state index is 2.42. The minimum Gasteiger partial charge on any atom is -0.0764 e. The minimum atomic E-state index is 0.452. The summed E-state index contributed by atoms with van der Waals surface area (Å²) in [6.45, 7) is 9.17. The fourth-order valence-corrected chi connectivity index (χ4v) is 4.60. The van der Waals surface area contributed by atoms with E-state index in [-0.39, 0.29) is 0 Å². The smallest absolute Gasteiger partial charge is 0.00606 e. The van der Waals surface area contributed by atoms with Crippen LogP contribution in [0.25, 0.3) is 11.6 Å². The van der Waals surface area contributed by atoms with Crippen molar-refractivity contribution in [1.29, 1.82) is 0 Å². The molecule has 0 amide bonds. The van der Waals surface area contributed by atoms with Gasteiger partial charge in [-0.25, -0.2) is 0 Å². The number of benzene rings is 2. The molecule has 138 valence electrons. The predicted molar refractivity (Wildman–Crippen MR) is 118 cm³/mol. The molecular weight excluding hydrogens is 324 g/mol. The highest BCUT2D eigenvalue weighted by Gasteiger charge is 2.21. The lowest BCUT2D eigenvalue weighted by Gasteiger charge is -2.15. The molecule has 0 aliphatic heterocycles. The monoisotopic (exact) mass is 354 g/mol. The Balaban J connectivity index is 1.55.